The summed E-state index contributed by atoms with van der Waals surface area (Å²) in [6.07, 6.45) is 14.8. The topological polar surface area (TPSA) is 58.2 Å². The van der Waals surface area contributed by atoms with E-state index in [1.165, 1.54) is 12.0 Å². The Kier molecular flexibility index (Phi) is 4.36. The fourth-order valence-electron chi connectivity index (χ4n) is 6.56. The Morgan fingerprint density at radius 2 is 1.85 bits per heavy atom. The van der Waals surface area contributed by atoms with E-state index in [0.717, 1.165) is 31.4 Å². The SMILES string of the molecule is CC(=O)NC1=CC[C@H]2[C@@H]3CC=C4CC(NC(C)=O)C=C[C@]4(C)[C@H]3CC[C@]12C. The predicted octanol–water partition coefficient (Wildman–Crippen LogP) is 3.86. The molecule has 0 aromatic heterocycles. The van der Waals surface area contributed by atoms with Gasteiger partial charge >= 0.3 is 0 Å². The van der Waals surface area contributed by atoms with Crippen molar-refractivity contribution in [2.45, 2.75) is 65.8 Å². The second kappa shape index (κ2) is 6.35. The maximum atomic E-state index is 11.6. The Balaban J connectivity index is 1.59. The zero-order valence-electron chi connectivity index (χ0n) is 17.0. The second-order valence-electron chi connectivity index (χ2n) is 9.49. The summed E-state index contributed by atoms with van der Waals surface area (Å²) in [4.78, 5) is 23.1. The molecule has 27 heavy (non-hydrogen) atoms. The van der Waals surface area contributed by atoms with Gasteiger partial charge in [0.25, 0.3) is 0 Å². The number of amides is 2. The molecule has 0 bridgehead atoms. The van der Waals surface area contributed by atoms with Gasteiger partial charge in [0.2, 0.25) is 11.8 Å². The molecule has 1 unspecified atom stereocenters. The Hall–Kier alpha value is -1.84. The monoisotopic (exact) mass is 368 g/mol. The van der Waals surface area contributed by atoms with Crippen molar-refractivity contribution >= 4 is 11.8 Å². The van der Waals surface area contributed by atoms with Gasteiger partial charge in [-0.25, -0.2) is 0 Å². The Labute approximate surface area is 162 Å². The first-order valence-electron chi connectivity index (χ1n) is 10.4. The van der Waals surface area contributed by atoms with E-state index in [4.69, 9.17) is 0 Å². The Bertz CT molecular complexity index is 764. The van der Waals surface area contributed by atoms with Crippen LogP contribution in [0.4, 0.5) is 0 Å². The van der Waals surface area contributed by atoms with Crippen molar-refractivity contribution < 1.29 is 9.59 Å². The van der Waals surface area contributed by atoms with E-state index in [2.05, 4.69) is 48.8 Å². The van der Waals surface area contributed by atoms with Crippen molar-refractivity contribution in [3.8, 4) is 0 Å². The van der Waals surface area contributed by atoms with Crippen LogP contribution in [-0.2, 0) is 9.59 Å². The minimum atomic E-state index is 0.0403. The zero-order valence-corrected chi connectivity index (χ0v) is 17.0. The van der Waals surface area contributed by atoms with Crippen LogP contribution in [0, 0.1) is 28.6 Å². The Morgan fingerprint density at radius 3 is 2.56 bits per heavy atom. The molecule has 0 heterocycles. The molecule has 4 aliphatic rings. The lowest BCUT2D eigenvalue weighted by Crippen LogP contribution is -2.50. The van der Waals surface area contributed by atoms with Crippen molar-refractivity contribution in [2.24, 2.45) is 28.6 Å². The highest BCUT2D eigenvalue weighted by Crippen LogP contribution is 2.63. The van der Waals surface area contributed by atoms with Crippen molar-refractivity contribution in [3.63, 3.8) is 0 Å². The van der Waals surface area contributed by atoms with Crippen LogP contribution in [-0.4, -0.2) is 17.9 Å². The van der Waals surface area contributed by atoms with E-state index in [9.17, 15) is 9.59 Å². The van der Waals surface area contributed by atoms with Crippen LogP contribution in [0.15, 0.2) is 35.6 Å². The average molecular weight is 369 g/mol. The number of carbonyl (C=O) groups excluding carboxylic acids is 2. The summed E-state index contributed by atoms with van der Waals surface area (Å²) in [5, 5.41) is 6.18. The standard InChI is InChI=1S/C23H32N2O2/c1-14(26)24-17-9-11-22(3)16(13-17)5-6-18-19-7-8-21(25-15(2)27)23(19,4)12-10-20(18)22/h5,8-9,11,17-20H,6-7,10,12-13H2,1-4H3,(H,24,26)(H,25,27)/t17?,18-,19-,20-,22-,23-/m0/s1. The molecule has 4 heteroatoms. The molecular formula is C23H32N2O2. The lowest BCUT2D eigenvalue weighted by Gasteiger charge is -2.56. The first-order chi connectivity index (χ1) is 12.7. The van der Waals surface area contributed by atoms with Gasteiger partial charge in [-0.1, -0.05) is 43.7 Å². The number of hydrogen-bond donors (Lipinski definition) is 2. The fraction of sp³-hybridized carbons (Fsp3) is 0.652. The fourth-order valence-corrected chi connectivity index (χ4v) is 6.56. The molecule has 146 valence electrons. The van der Waals surface area contributed by atoms with Gasteiger partial charge in [-0.15, -0.1) is 0 Å². The van der Waals surface area contributed by atoms with Crippen LogP contribution < -0.4 is 10.6 Å². The maximum Gasteiger partial charge on any atom is 0.221 e. The minimum Gasteiger partial charge on any atom is -0.350 e. The van der Waals surface area contributed by atoms with Crippen LogP contribution in [0.2, 0.25) is 0 Å². The molecule has 2 amide bonds. The number of nitrogens with one attached hydrogen (secondary N) is 2. The van der Waals surface area contributed by atoms with Gasteiger partial charge in [-0.2, -0.15) is 0 Å². The Morgan fingerprint density at radius 1 is 1.07 bits per heavy atom. The van der Waals surface area contributed by atoms with Gasteiger partial charge in [-0.05, 0) is 49.9 Å². The predicted molar refractivity (Wildman–Crippen MR) is 106 cm³/mol. The molecule has 4 nitrogen and oxygen atoms in total. The molecular weight excluding hydrogens is 336 g/mol. The average Bonchev–Trinajstić information content (AvgIpc) is 2.91. The van der Waals surface area contributed by atoms with E-state index in [-0.39, 0.29) is 28.7 Å². The molecule has 2 N–H and O–H groups in total. The number of hydrogen-bond acceptors (Lipinski definition) is 2. The maximum absolute atomic E-state index is 11.6. The highest BCUT2D eigenvalue weighted by Gasteiger charge is 2.56. The van der Waals surface area contributed by atoms with Crippen LogP contribution in [0.5, 0.6) is 0 Å². The van der Waals surface area contributed by atoms with Gasteiger partial charge in [0, 0.05) is 30.4 Å². The summed E-state index contributed by atoms with van der Waals surface area (Å²) in [5.41, 5.74) is 2.87. The molecule has 0 saturated heterocycles. The lowest BCUT2D eigenvalue weighted by atomic mass is 9.49. The second-order valence-corrected chi connectivity index (χ2v) is 9.49. The molecule has 0 spiro atoms. The smallest absolute Gasteiger partial charge is 0.221 e. The lowest BCUT2D eigenvalue weighted by molar-refractivity contribution is -0.119. The van der Waals surface area contributed by atoms with E-state index in [1.54, 1.807) is 13.8 Å². The summed E-state index contributed by atoms with van der Waals surface area (Å²) < 4.78 is 0. The largest absolute Gasteiger partial charge is 0.350 e. The van der Waals surface area contributed by atoms with Crippen molar-refractivity contribution in [2.75, 3.05) is 0 Å². The summed E-state index contributed by atoms with van der Waals surface area (Å²) in [5.74, 6) is 1.99. The summed E-state index contributed by atoms with van der Waals surface area (Å²) in [6.45, 7) is 7.95. The zero-order chi connectivity index (χ0) is 19.4. The summed E-state index contributed by atoms with van der Waals surface area (Å²) in [6, 6.07) is 0.131. The van der Waals surface area contributed by atoms with Gasteiger partial charge in [0.1, 0.15) is 0 Å². The molecule has 0 aliphatic heterocycles. The van der Waals surface area contributed by atoms with Crippen molar-refractivity contribution in [1.29, 1.82) is 0 Å². The first kappa shape index (κ1) is 18.5. The highest BCUT2D eigenvalue weighted by molar-refractivity contribution is 5.75. The molecule has 4 aliphatic carbocycles. The van der Waals surface area contributed by atoms with Gasteiger partial charge < -0.3 is 10.6 Å². The van der Waals surface area contributed by atoms with Gasteiger partial charge in [0.15, 0.2) is 0 Å². The van der Waals surface area contributed by atoms with E-state index >= 15 is 0 Å². The van der Waals surface area contributed by atoms with Crippen molar-refractivity contribution in [1.82, 2.24) is 10.6 Å². The minimum absolute atomic E-state index is 0.0403. The van der Waals surface area contributed by atoms with E-state index < -0.39 is 0 Å². The number of fused-ring (bicyclic) bond motifs is 5. The molecule has 0 aromatic rings. The molecule has 1 saturated carbocycles. The highest BCUT2D eigenvalue weighted by atomic mass is 16.2. The quantitative estimate of drug-likeness (QED) is 0.727. The van der Waals surface area contributed by atoms with E-state index in [1.807, 2.05) is 0 Å². The molecule has 0 aromatic carbocycles. The number of carbonyl (C=O) groups is 2. The summed E-state index contributed by atoms with van der Waals surface area (Å²) in [7, 11) is 0. The molecule has 1 fully saturated rings. The molecule has 4 rings (SSSR count). The number of allylic oxidation sites excluding steroid dienone is 4. The van der Waals surface area contributed by atoms with Gasteiger partial charge in [0.05, 0.1) is 6.04 Å². The van der Waals surface area contributed by atoms with Crippen molar-refractivity contribution in [3.05, 3.63) is 35.6 Å². The van der Waals surface area contributed by atoms with Crippen LogP contribution in [0.1, 0.15) is 59.8 Å². The third-order valence-electron chi connectivity index (χ3n) is 7.93. The summed E-state index contributed by atoms with van der Waals surface area (Å²) >= 11 is 0. The molecule has 0 radical (unpaired) electrons. The van der Waals surface area contributed by atoms with Crippen LogP contribution >= 0.6 is 0 Å². The third-order valence-corrected chi connectivity index (χ3v) is 7.93. The van der Waals surface area contributed by atoms with Crippen LogP contribution in [0.25, 0.3) is 0 Å². The van der Waals surface area contributed by atoms with Gasteiger partial charge in [-0.3, -0.25) is 9.59 Å². The third kappa shape index (κ3) is 2.88. The number of rotatable bonds is 2. The normalized spacial score (nSPS) is 42.2. The first-order valence-corrected chi connectivity index (χ1v) is 10.4. The van der Waals surface area contributed by atoms with E-state index in [0.29, 0.717) is 17.8 Å². The van der Waals surface area contributed by atoms with Crippen LogP contribution in [0.3, 0.4) is 0 Å². The molecule has 6 atom stereocenters.